The van der Waals surface area contributed by atoms with E-state index in [4.69, 9.17) is 11.6 Å². The highest BCUT2D eigenvalue weighted by atomic mass is 35.5. The Balaban J connectivity index is 2.22. The topological polar surface area (TPSA) is 30.2 Å². The van der Waals surface area contributed by atoms with Gasteiger partial charge >= 0.3 is 0 Å². The van der Waals surface area contributed by atoms with E-state index < -0.39 is 0 Å². The third-order valence-electron chi connectivity index (χ3n) is 2.10. The Morgan fingerprint density at radius 2 is 2.20 bits per heavy atom. The maximum absolute atomic E-state index is 5.89. The smallest absolute Gasteiger partial charge is 0.137 e. The van der Waals surface area contributed by atoms with Crippen LogP contribution >= 0.6 is 22.9 Å². The van der Waals surface area contributed by atoms with Crippen molar-refractivity contribution in [2.75, 3.05) is 0 Å². The second-order valence-electron chi connectivity index (χ2n) is 3.10. The van der Waals surface area contributed by atoms with Crippen LogP contribution in [0.25, 0.3) is 16.2 Å². The molecule has 5 heteroatoms. The van der Waals surface area contributed by atoms with Crippen LogP contribution in [0.2, 0.25) is 5.02 Å². The molecule has 3 aromatic heterocycles. The first kappa shape index (κ1) is 8.88. The molecule has 0 saturated carbocycles. The highest BCUT2D eigenvalue weighted by Gasteiger charge is 2.05. The van der Waals surface area contributed by atoms with E-state index >= 15 is 0 Å². The number of pyridine rings is 1. The summed E-state index contributed by atoms with van der Waals surface area (Å²) in [6.07, 6.45) is 5.61. The SMILES string of the molecule is Clc1ccc2nc(-c3cncs3)cn2c1. The predicted octanol–water partition coefficient (Wildman–Crippen LogP) is 3.11. The Morgan fingerprint density at radius 3 is 3.00 bits per heavy atom. The molecule has 0 spiro atoms. The standard InChI is InChI=1S/C10H6ClN3S/c11-7-1-2-10-13-8(5-14(10)4-7)9-3-12-6-15-9/h1-6H. The highest BCUT2D eigenvalue weighted by molar-refractivity contribution is 7.13. The maximum atomic E-state index is 5.89. The maximum Gasteiger partial charge on any atom is 0.137 e. The molecule has 0 aliphatic heterocycles. The van der Waals surface area contributed by atoms with Gasteiger partial charge in [0.2, 0.25) is 0 Å². The van der Waals surface area contributed by atoms with Gasteiger partial charge in [-0.05, 0) is 12.1 Å². The molecule has 3 heterocycles. The molecule has 0 saturated heterocycles. The average Bonchev–Trinajstić information content (AvgIpc) is 2.84. The summed E-state index contributed by atoms with van der Waals surface area (Å²) in [7, 11) is 0. The Labute approximate surface area is 95.0 Å². The van der Waals surface area contributed by atoms with Gasteiger partial charge in [0.1, 0.15) is 11.3 Å². The van der Waals surface area contributed by atoms with E-state index in [9.17, 15) is 0 Å². The quantitative estimate of drug-likeness (QED) is 0.649. The molecule has 0 N–H and O–H groups in total. The fourth-order valence-electron chi connectivity index (χ4n) is 1.43. The molecule has 0 radical (unpaired) electrons. The Kier molecular flexibility index (Phi) is 1.97. The number of aromatic nitrogens is 3. The van der Waals surface area contributed by atoms with Crippen LogP contribution in [0.5, 0.6) is 0 Å². The summed E-state index contributed by atoms with van der Waals surface area (Å²) in [4.78, 5) is 9.57. The zero-order valence-corrected chi connectivity index (χ0v) is 9.16. The first-order valence-corrected chi connectivity index (χ1v) is 5.62. The molecule has 0 bridgehead atoms. The zero-order chi connectivity index (χ0) is 10.3. The van der Waals surface area contributed by atoms with Gasteiger partial charge in [-0.15, -0.1) is 11.3 Å². The molecule has 3 nitrogen and oxygen atoms in total. The minimum absolute atomic E-state index is 0.704. The zero-order valence-electron chi connectivity index (χ0n) is 7.59. The monoisotopic (exact) mass is 235 g/mol. The molecule has 0 aliphatic rings. The number of thiazole rings is 1. The second kappa shape index (κ2) is 3.32. The number of nitrogens with zero attached hydrogens (tertiary/aromatic N) is 3. The van der Waals surface area contributed by atoms with Crippen molar-refractivity contribution in [2.45, 2.75) is 0 Å². The number of hydrogen-bond acceptors (Lipinski definition) is 3. The Hall–Kier alpha value is -1.39. The lowest BCUT2D eigenvalue weighted by Gasteiger charge is -1.91. The van der Waals surface area contributed by atoms with Gasteiger partial charge in [0, 0.05) is 18.6 Å². The van der Waals surface area contributed by atoms with Crippen LogP contribution in [0.1, 0.15) is 0 Å². The molecule has 0 fully saturated rings. The van der Waals surface area contributed by atoms with E-state index in [1.165, 1.54) is 0 Å². The van der Waals surface area contributed by atoms with Crippen LogP contribution in [-0.2, 0) is 0 Å². The normalized spacial score (nSPS) is 11.0. The average molecular weight is 236 g/mol. The van der Waals surface area contributed by atoms with Gasteiger partial charge in [-0.2, -0.15) is 0 Å². The van der Waals surface area contributed by atoms with Gasteiger partial charge in [-0.25, -0.2) is 4.98 Å². The van der Waals surface area contributed by atoms with Crippen molar-refractivity contribution in [2.24, 2.45) is 0 Å². The number of fused-ring (bicyclic) bond motifs is 1. The molecular formula is C10H6ClN3S. The number of hydrogen-bond donors (Lipinski definition) is 0. The number of halogens is 1. The molecule has 0 atom stereocenters. The van der Waals surface area contributed by atoms with Crippen molar-refractivity contribution in [1.82, 2.24) is 14.4 Å². The van der Waals surface area contributed by atoms with Crippen molar-refractivity contribution in [3.63, 3.8) is 0 Å². The summed E-state index contributed by atoms with van der Waals surface area (Å²) in [6.45, 7) is 0. The fraction of sp³-hybridized carbons (Fsp3) is 0. The van der Waals surface area contributed by atoms with Gasteiger partial charge in [-0.3, -0.25) is 4.98 Å². The summed E-state index contributed by atoms with van der Waals surface area (Å²) in [5.74, 6) is 0. The van der Waals surface area contributed by atoms with E-state index in [0.29, 0.717) is 5.02 Å². The molecule has 3 aromatic rings. The first-order valence-electron chi connectivity index (χ1n) is 4.36. The molecule has 0 aliphatic carbocycles. The van der Waals surface area contributed by atoms with E-state index in [2.05, 4.69) is 9.97 Å². The van der Waals surface area contributed by atoms with Crippen LogP contribution in [0.3, 0.4) is 0 Å². The molecule has 3 rings (SSSR count). The highest BCUT2D eigenvalue weighted by Crippen LogP contribution is 2.23. The van der Waals surface area contributed by atoms with E-state index in [1.807, 2.05) is 35.1 Å². The lowest BCUT2D eigenvalue weighted by molar-refractivity contribution is 1.19. The Morgan fingerprint density at radius 1 is 1.27 bits per heavy atom. The van der Waals surface area contributed by atoms with E-state index in [1.54, 1.807) is 16.8 Å². The van der Waals surface area contributed by atoms with Crippen LogP contribution in [-0.4, -0.2) is 14.4 Å². The second-order valence-corrected chi connectivity index (χ2v) is 4.43. The Bertz CT molecular complexity index is 600. The third-order valence-corrected chi connectivity index (χ3v) is 3.12. The summed E-state index contributed by atoms with van der Waals surface area (Å²) >= 11 is 7.47. The van der Waals surface area contributed by atoms with E-state index in [-0.39, 0.29) is 0 Å². The van der Waals surface area contributed by atoms with Gasteiger partial charge in [0.25, 0.3) is 0 Å². The van der Waals surface area contributed by atoms with Crippen molar-refractivity contribution in [1.29, 1.82) is 0 Å². The van der Waals surface area contributed by atoms with Crippen molar-refractivity contribution in [3.05, 3.63) is 41.3 Å². The lowest BCUT2D eigenvalue weighted by Crippen LogP contribution is -1.79. The van der Waals surface area contributed by atoms with Crippen LogP contribution in [0.15, 0.2) is 36.2 Å². The van der Waals surface area contributed by atoms with Crippen LogP contribution < -0.4 is 0 Å². The van der Waals surface area contributed by atoms with Crippen molar-refractivity contribution < 1.29 is 0 Å². The van der Waals surface area contributed by atoms with Gasteiger partial charge < -0.3 is 4.40 Å². The van der Waals surface area contributed by atoms with Gasteiger partial charge in [0.15, 0.2) is 0 Å². The molecular weight excluding hydrogens is 230 g/mol. The first-order chi connectivity index (χ1) is 7.33. The minimum atomic E-state index is 0.704. The summed E-state index contributed by atoms with van der Waals surface area (Å²) in [5.41, 5.74) is 3.62. The van der Waals surface area contributed by atoms with E-state index in [0.717, 1.165) is 16.2 Å². The summed E-state index contributed by atoms with van der Waals surface area (Å²) < 4.78 is 1.91. The molecule has 15 heavy (non-hydrogen) atoms. The fourth-order valence-corrected chi connectivity index (χ4v) is 2.17. The van der Waals surface area contributed by atoms with Crippen LogP contribution in [0, 0.1) is 0 Å². The lowest BCUT2D eigenvalue weighted by atomic mass is 10.4. The number of rotatable bonds is 1. The predicted molar refractivity (Wildman–Crippen MR) is 61.3 cm³/mol. The largest absolute Gasteiger partial charge is 0.305 e. The third kappa shape index (κ3) is 1.52. The van der Waals surface area contributed by atoms with Crippen molar-refractivity contribution >= 4 is 28.6 Å². The summed E-state index contributed by atoms with van der Waals surface area (Å²) in [6, 6.07) is 3.73. The van der Waals surface area contributed by atoms with Crippen molar-refractivity contribution in [3.8, 4) is 10.6 Å². The number of imidazole rings is 1. The molecule has 0 unspecified atom stereocenters. The van der Waals surface area contributed by atoms with Gasteiger partial charge in [-0.1, -0.05) is 11.6 Å². The molecule has 0 aromatic carbocycles. The molecule has 74 valence electrons. The molecule has 0 amide bonds. The minimum Gasteiger partial charge on any atom is -0.305 e. The van der Waals surface area contributed by atoms with Crippen LogP contribution in [0.4, 0.5) is 0 Å². The van der Waals surface area contributed by atoms with Gasteiger partial charge in [0.05, 0.1) is 15.4 Å². The summed E-state index contributed by atoms with van der Waals surface area (Å²) in [5, 5.41) is 0.704.